The van der Waals surface area contributed by atoms with Gasteiger partial charge in [-0.3, -0.25) is 14.4 Å². The lowest BCUT2D eigenvalue weighted by atomic mass is 10.1. The van der Waals surface area contributed by atoms with Crippen molar-refractivity contribution >= 4 is 33.8 Å². The van der Waals surface area contributed by atoms with Gasteiger partial charge in [-0.1, -0.05) is 28.1 Å². The number of rotatable bonds is 4. The van der Waals surface area contributed by atoms with E-state index in [1.165, 1.54) is 32.0 Å². The van der Waals surface area contributed by atoms with Crippen LogP contribution in [0.4, 0.5) is 0 Å². The molecule has 0 aliphatic heterocycles. The van der Waals surface area contributed by atoms with Crippen molar-refractivity contribution < 1.29 is 29.0 Å². The minimum Gasteiger partial charge on any atom is -0.480 e. The van der Waals surface area contributed by atoms with Crippen LogP contribution in [0, 0.1) is 0 Å². The van der Waals surface area contributed by atoms with Crippen LogP contribution in [0.5, 0.6) is 11.5 Å². The monoisotopic (exact) mass is 330 g/mol. The van der Waals surface area contributed by atoms with E-state index in [1.54, 1.807) is 0 Å². The molecule has 1 aromatic carbocycles. The van der Waals surface area contributed by atoms with Gasteiger partial charge < -0.3 is 14.6 Å². The molecule has 0 bridgehead atoms. The first kappa shape index (κ1) is 15.2. The Labute approximate surface area is 117 Å². The number of hydrogen-bond donors (Lipinski definition) is 1. The van der Waals surface area contributed by atoms with Gasteiger partial charge >= 0.3 is 17.9 Å². The fourth-order valence-corrected chi connectivity index (χ4v) is 1.71. The molecule has 1 aromatic rings. The lowest BCUT2D eigenvalue weighted by Crippen LogP contribution is -2.12. The normalized spacial score (nSPS) is 11.5. The highest BCUT2D eigenvalue weighted by Crippen LogP contribution is 2.38. The molecule has 0 aliphatic carbocycles. The average Bonchev–Trinajstić information content (AvgIpc) is 2.29. The molecule has 0 amide bonds. The molecule has 7 heteroatoms. The summed E-state index contributed by atoms with van der Waals surface area (Å²) in [5.74, 6) is -2.51. The number of benzene rings is 1. The first-order chi connectivity index (χ1) is 8.82. The van der Waals surface area contributed by atoms with Crippen LogP contribution >= 0.6 is 15.9 Å². The molecule has 0 fully saturated rings. The number of carboxylic acid groups (broad SMARTS) is 1. The summed E-state index contributed by atoms with van der Waals surface area (Å²) >= 11 is 2.96. The van der Waals surface area contributed by atoms with Gasteiger partial charge in [0, 0.05) is 19.4 Å². The van der Waals surface area contributed by atoms with E-state index >= 15 is 0 Å². The number of carbonyl (C=O) groups is 3. The van der Waals surface area contributed by atoms with E-state index in [0.29, 0.717) is 0 Å². The number of para-hydroxylation sites is 1. The van der Waals surface area contributed by atoms with Crippen LogP contribution in [-0.4, -0.2) is 23.0 Å². The Bertz CT molecular complexity index is 525. The predicted octanol–water partition coefficient (Wildman–Crippen LogP) is 2.06. The molecular formula is C12H11BrO6. The third-order valence-electron chi connectivity index (χ3n) is 2.00. The first-order valence-electron chi connectivity index (χ1n) is 5.19. The second kappa shape index (κ2) is 6.33. The predicted molar refractivity (Wildman–Crippen MR) is 68.4 cm³/mol. The Hall–Kier alpha value is -1.89. The number of carbonyl (C=O) groups excluding carboxylic acids is 2. The van der Waals surface area contributed by atoms with Crippen LogP contribution in [0.3, 0.4) is 0 Å². The summed E-state index contributed by atoms with van der Waals surface area (Å²) in [5.41, 5.74) is 0.182. The lowest BCUT2D eigenvalue weighted by Gasteiger charge is -2.14. The molecule has 0 saturated heterocycles. The number of halogens is 1. The second-order valence-electron chi connectivity index (χ2n) is 3.56. The Kier molecular flexibility index (Phi) is 5.05. The van der Waals surface area contributed by atoms with E-state index < -0.39 is 22.7 Å². The highest BCUT2D eigenvalue weighted by atomic mass is 79.9. The maximum atomic E-state index is 11.1. The largest absolute Gasteiger partial charge is 0.480 e. The Balaban J connectivity index is 3.32. The van der Waals surface area contributed by atoms with Gasteiger partial charge in [0.05, 0.1) is 0 Å². The van der Waals surface area contributed by atoms with Gasteiger partial charge in [0.1, 0.15) is 4.83 Å². The van der Waals surface area contributed by atoms with Crippen LogP contribution in [-0.2, 0) is 14.4 Å². The SMILES string of the molecule is CC(=O)Oc1cccc(C(Br)C(=O)O)c1OC(C)=O. The van der Waals surface area contributed by atoms with Crippen molar-refractivity contribution in [1.29, 1.82) is 0 Å². The summed E-state index contributed by atoms with van der Waals surface area (Å²) in [6.07, 6.45) is 0. The number of esters is 2. The molecule has 0 aliphatic rings. The number of carboxylic acids is 1. The Morgan fingerprint density at radius 1 is 1.16 bits per heavy atom. The van der Waals surface area contributed by atoms with Gasteiger partial charge in [-0.2, -0.15) is 0 Å². The standard InChI is InChI=1S/C12H11BrO6/c1-6(14)18-9-5-3-4-8(10(13)12(16)17)11(9)19-7(2)15/h3-5,10H,1-2H3,(H,16,17). The van der Waals surface area contributed by atoms with Crippen molar-refractivity contribution in [2.45, 2.75) is 18.7 Å². The molecule has 1 rings (SSSR count). The van der Waals surface area contributed by atoms with E-state index in [4.69, 9.17) is 14.6 Å². The van der Waals surface area contributed by atoms with Crippen LogP contribution in [0.15, 0.2) is 18.2 Å². The van der Waals surface area contributed by atoms with Crippen molar-refractivity contribution in [2.75, 3.05) is 0 Å². The van der Waals surface area contributed by atoms with Gasteiger partial charge in [0.25, 0.3) is 0 Å². The smallest absolute Gasteiger partial charge is 0.321 e. The molecule has 0 spiro atoms. The highest BCUT2D eigenvalue weighted by molar-refractivity contribution is 9.09. The summed E-state index contributed by atoms with van der Waals surface area (Å²) < 4.78 is 9.83. The average molecular weight is 331 g/mol. The minimum atomic E-state index is -1.16. The van der Waals surface area contributed by atoms with Gasteiger partial charge in [0.15, 0.2) is 11.5 Å². The summed E-state index contributed by atoms with van der Waals surface area (Å²) in [7, 11) is 0. The van der Waals surface area contributed by atoms with Crippen molar-refractivity contribution in [1.82, 2.24) is 0 Å². The second-order valence-corrected chi connectivity index (χ2v) is 4.48. The molecule has 0 radical (unpaired) electrons. The van der Waals surface area contributed by atoms with E-state index in [1.807, 2.05) is 0 Å². The van der Waals surface area contributed by atoms with Crippen molar-refractivity contribution in [3.05, 3.63) is 23.8 Å². The molecule has 0 saturated carbocycles. The summed E-state index contributed by atoms with van der Waals surface area (Å²) in [4.78, 5) is 31.9. The van der Waals surface area contributed by atoms with Crippen LogP contribution in [0.2, 0.25) is 0 Å². The molecule has 19 heavy (non-hydrogen) atoms. The molecule has 0 aromatic heterocycles. The zero-order valence-corrected chi connectivity index (χ0v) is 11.8. The molecule has 6 nitrogen and oxygen atoms in total. The number of ether oxygens (including phenoxy) is 2. The van der Waals surface area contributed by atoms with Crippen LogP contribution in [0.1, 0.15) is 24.2 Å². The topological polar surface area (TPSA) is 89.9 Å². The van der Waals surface area contributed by atoms with Crippen molar-refractivity contribution in [3.63, 3.8) is 0 Å². The van der Waals surface area contributed by atoms with Gasteiger partial charge in [0.2, 0.25) is 0 Å². The molecule has 1 atom stereocenters. The van der Waals surface area contributed by atoms with E-state index in [-0.39, 0.29) is 17.1 Å². The third-order valence-corrected chi connectivity index (χ3v) is 2.88. The third kappa shape index (κ3) is 4.06. The fraction of sp³-hybridized carbons (Fsp3) is 0.250. The maximum absolute atomic E-state index is 11.1. The minimum absolute atomic E-state index is 0.00843. The molecule has 0 heterocycles. The quantitative estimate of drug-likeness (QED) is 0.516. The maximum Gasteiger partial charge on any atom is 0.321 e. The first-order valence-corrected chi connectivity index (χ1v) is 6.11. The van der Waals surface area contributed by atoms with Crippen molar-refractivity contribution in [2.24, 2.45) is 0 Å². The zero-order valence-electron chi connectivity index (χ0n) is 10.2. The molecule has 102 valence electrons. The Morgan fingerprint density at radius 3 is 2.21 bits per heavy atom. The van der Waals surface area contributed by atoms with Crippen LogP contribution in [0.25, 0.3) is 0 Å². The van der Waals surface area contributed by atoms with Gasteiger partial charge in [-0.25, -0.2) is 0 Å². The highest BCUT2D eigenvalue weighted by Gasteiger charge is 2.24. The van der Waals surface area contributed by atoms with E-state index in [2.05, 4.69) is 15.9 Å². The van der Waals surface area contributed by atoms with Gasteiger partial charge in [-0.05, 0) is 6.07 Å². The molecule has 1 unspecified atom stereocenters. The van der Waals surface area contributed by atoms with Gasteiger partial charge in [-0.15, -0.1) is 0 Å². The number of hydrogen-bond acceptors (Lipinski definition) is 5. The number of aliphatic carboxylic acids is 1. The van der Waals surface area contributed by atoms with Crippen molar-refractivity contribution in [3.8, 4) is 11.5 Å². The van der Waals surface area contributed by atoms with Crippen LogP contribution < -0.4 is 9.47 Å². The molecular weight excluding hydrogens is 320 g/mol. The number of alkyl halides is 1. The fourth-order valence-electron chi connectivity index (χ4n) is 1.35. The lowest BCUT2D eigenvalue weighted by molar-refractivity contribution is -0.137. The van der Waals surface area contributed by atoms with E-state index in [0.717, 1.165) is 0 Å². The summed E-state index contributed by atoms with van der Waals surface area (Å²) in [5, 5.41) is 8.97. The zero-order chi connectivity index (χ0) is 14.6. The molecule has 1 N–H and O–H groups in total. The summed E-state index contributed by atoms with van der Waals surface area (Å²) in [6, 6.07) is 4.36. The Morgan fingerprint density at radius 2 is 1.74 bits per heavy atom. The summed E-state index contributed by atoms with van der Waals surface area (Å²) in [6.45, 7) is 2.35. The van der Waals surface area contributed by atoms with E-state index in [9.17, 15) is 14.4 Å².